The number of esters is 1. The zero-order valence-corrected chi connectivity index (χ0v) is 50.1. The summed E-state index contributed by atoms with van der Waals surface area (Å²) < 4.78 is 5.51. The molecular formula is C68H131NO5. The first-order chi connectivity index (χ1) is 36.5. The maximum Gasteiger partial charge on any atom is 0.305 e. The molecule has 1 amide bonds. The van der Waals surface area contributed by atoms with Gasteiger partial charge in [-0.2, -0.15) is 0 Å². The zero-order valence-electron chi connectivity index (χ0n) is 50.1. The van der Waals surface area contributed by atoms with Gasteiger partial charge in [0.15, 0.2) is 0 Å². The molecule has 3 N–H and O–H groups in total. The fourth-order valence-electron chi connectivity index (χ4n) is 10.6. The van der Waals surface area contributed by atoms with Crippen LogP contribution < -0.4 is 5.32 Å². The highest BCUT2D eigenvalue weighted by Crippen LogP contribution is 2.18. The highest BCUT2D eigenvalue weighted by Gasteiger charge is 2.18. The third-order valence-corrected chi connectivity index (χ3v) is 15.7. The predicted octanol–water partition coefficient (Wildman–Crippen LogP) is 21.4. The number of hydrogen-bond acceptors (Lipinski definition) is 5. The summed E-state index contributed by atoms with van der Waals surface area (Å²) in [5, 5.41) is 23.1. The molecule has 6 nitrogen and oxygen atoms in total. The molecule has 438 valence electrons. The molecular weight excluding hydrogens is 911 g/mol. The quantitative estimate of drug-likeness (QED) is 0.0320. The molecule has 0 aliphatic carbocycles. The first-order valence-electron chi connectivity index (χ1n) is 33.6. The van der Waals surface area contributed by atoms with Crippen LogP contribution in [-0.2, 0) is 14.3 Å². The monoisotopic (exact) mass is 1040 g/mol. The summed E-state index contributed by atoms with van der Waals surface area (Å²) in [6, 6.07) is -0.629. The van der Waals surface area contributed by atoms with Crippen LogP contribution in [-0.4, -0.2) is 47.4 Å². The number of unbranched alkanes of at least 4 members (excludes halogenated alkanes) is 50. The van der Waals surface area contributed by atoms with E-state index in [-0.39, 0.29) is 18.5 Å². The highest BCUT2D eigenvalue weighted by molar-refractivity contribution is 5.76. The van der Waals surface area contributed by atoms with Gasteiger partial charge in [0.05, 0.1) is 25.4 Å². The van der Waals surface area contributed by atoms with Crippen LogP contribution in [0.4, 0.5) is 0 Å². The van der Waals surface area contributed by atoms with Crippen molar-refractivity contribution in [3.8, 4) is 0 Å². The minimum Gasteiger partial charge on any atom is -0.466 e. The zero-order chi connectivity index (χ0) is 53.6. The molecule has 74 heavy (non-hydrogen) atoms. The van der Waals surface area contributed by atoms with Crippen LogP contribution in [0.25, 0.3) is 0 Å². The van der Waals surface area contributed by atoms with E-state index in [9.17, 15) is 19.8 Å². The van der Waals surface area contributed by atoms with Gasteiger partial charge in [-0.15, -0.1) is 0 Å². The number of ether oxygens (including phenoxy) is 1. The Morgan fingerprint density at radius 2 is 0.635 bits per heavy atom. The van der Waals surface area contributed by atoms with Gasteiger partial charge < -0.3 is 20.3 Å². The van der Waals surface area contributed by atoms with Crippen LogP contribution in [0.15, 0.2) is 24.3 Å². The second-order valence-corrected chi connectivity index (χ2v) is 23.2. The SMILES string of the molecule is CCCCCCCCCCCCCC/C=C/C(O)C(CO)NC(=O)CCCCCCCCCCC/C=C\CCCCCCCCCCCCCCOC(=O)CCCCCCCCCCCCCCCCCCCC. The third kappa shape index (κ3) is 59.6. The van der Waals surface area contributed by atoms with E-state index in [4.69, 9.17) is 4.74 Å². The lowest BCUT2D eigenvalue weighted by atomic mass is 10.0. The van der Waals surface area contributed by atoms with Gasteiger partial charge in [0.25, 0.3) is 0 Å². The Morgan fingerprint density at radius 1 is 0.365 bits per heavy atom. The van der Waals surface area contributed by atoms with Crippen molar-refractivity contribution in [3.63, 3.8) is 0 Å². The van der Waals surface area contributed by atoms with E-state index < -0.39 is 12.1 Å². The van der Waals surface area contributed by atoms with E-state index in [0.29, 0.717) is 19.4 Å². The normalized spacial score (nSPS) is 12.6. The molecule has 0 heterocycles. The van der Waals surface area contributed by atoms with E-state index in [1.165, 1.54) is 308 Å². The van der Waals surface area contributed by atoms with E-state index in [1.807, 2.05) is 6.08 Å². The van der Waals surface area contributed by atoms with E-state index in [1.54, 1.807) is 6.08 Å². The number of allylic oxidation sites excluding steroid dienone is 3. The number of amides is 1. The molecule has 0 aliphatic heterocycles. The van der Waals surface area contributed by atoms with Gasteiger partial charge in [-0.25, -0.2) is 0 Å². The summed E-state index contributed by atoms with van der Waals surface area (Å²) in [5.41, 5.74) is 0. The Bertz CT molecular complexity index is 1150. The van der Waals surface area contributed by atoms with Crippen molar-refractivity contribution >= 4 is 11.9 Å². The Kier molecular flexibility index (Phi) is 62.4. The molecule has 0 rings (SSSR count). The van der Waals surface area contributed by atoms with Gasteiger partial charge in [-0.3, -0.25) is 9.59 Å². The minimum atomic E-state index is -0.846. The van der Waals surface area contributed by atoms with Crippen molar-refractivity contribution in [1.82, 2.24) is 5.32 Å². The van der Waals surface area contributed by atoms with E-state index in [0.717, 1.165) is 38.5 Å². The second kappa shape index (κ2) is 63.9. The smallest absolute Gasteiger partial charge is 0.305 e. The number of aliphatic hydroxyl groups excluding tert-OH is 2. The molecule has 0 radical (unpaired) electrons. The maximum atomic E-state index is 12.5. The van der Waals surface area contributed by atoms with Crippen molar-refractivity contribution in [3.05, 3.63) is 24.3 Å². The van der Waals surface area contributed by atoms with Gasteiger partial charge in [-0.05, 0) is 57.8 Å². The molecule has 0 bridgehead atoms. The minimum absolute atomic E-state index is 0.0179. The van der Waals surface area contributed by atoms with Crippen LogP contribution >= 0.6 is 0 Å². The van der Waals surface area contributed by atoms with Crippen molar-refractivity contribution < 1.29 is 24.5 Å². The van der Waals surface area contributed by atoms with Gasteiger partial charge in [0.1, 0.15) is 0 Å². The largest absolute Gasteiger partial charge is 0.466 e. The van der Waals surface area contributed by atoms with Crippen molar-refractivity contribution in [1.29, 1.82) is 0 Å². The fraction of sp³-hybridized carbons (Fsp3) is 0.912. The second-order valence-electron chi connectivity index (χ2n) is 23.2. The Labute approximate surface area is 462 Å². The molecule has 2 atom stereocenters. The summed E-state index contributed by atoms with van der Waals surface area (Å²) in [7, 11) is 0. The van der Waals surface area contributed by atoms with Crippen LogP contribution in [0.3, 0.4) is 0 Å². The van der Waals surface area contributed by atoms with Crippen molar-refractivity contribution in [2.24, 2.45) is 0 Å². The first kappa shape index (κ1) is 72.3. The highest BCUT2D eigenvalue weighted by atomic mass is 16.5. The number of carbonyl (C=O) groups excluding carboxylic acids is 2. The summed E-state index contributed by atoms with van der Waals surface area (Å²) in [6.07, 6.45) is 79.6. The molecule has 0 fully saturated rings. The summed E-state index contributed by atoms with van der Waals surface area (Å²) in [4.78, 5) is 24.6. The molecule has 0 saturated heterocycles. The standard InChI is InChI=1S/C68H131NO5/c1-3-5-7-9-11-13-15-17-19-20-31-34-38-42-46-50-54-58-62-68(73)74-63-59-55-51-47-43-39-35-32-29-27-25-23-21-22-24-26-28-30-33-37-41-45-49-53-57-61-67(72)69-65(64-70)66(71)60-56-52-48-44-40-36-18-16-14-12-10-8-6-4-2/h22,24,56,60,65-66,70-71H,3-21,23,25-55,57-59,61-64H2,1-2H3,(H,69,72)/b24-22-,60-56+. The average molecular weight is 1040 g/mol. The summed E-state index contributed by atoms with van der Waals surface area (Å²) in [6.45, 7) is 4.93. The third-order valence-electron chi connectivity index (χ3n) is 15.7. The lowest BCUT2D eigenvalue weighted by molar-refractivity contribution is -0.143. The lowest BCUT2D eigenvalue weighted by Gasteiger charge is -2.20. The topological polar surface area (TPSA) is 95.9 Å². The number of carbonyl (C=O) groups is 2. The number of hydrogen-bond donors (Lipinski definition) is 3. The molecule has 6 heteroatoms. The van der Waals surface area contributed by atoms with Gasteiger partial charge >= 0.3 is 5.97 Å². The number of rotatable bonds is 63. The number of nitrogens with one attached hydrogen (secondary N) is 1. The molecule has 2 unspecified atom stereocenters. The van der Waals surface area contributed by atoms with Gasteiger partial charge in [-0.1, -0.05) is 327 Å². The van der Waals surface area contributed by atoms with Gasteiger partial charge in [0.2, 0.25) is 5.91 Å². The van der Waals surface area contributed by atoms with Crippen LogP contribution in [0.2, 0.25) is 0 Å². The van der Waals surface area contributed by atoms with Crippen LogP contribution in [0.1, 0.15) is 373 Å². The van der Waals surface area contributed by atoms with Crippen molar-refractivity contribution in [2.45, 2.75) is 386 Å². The maximum absolute atomic E-state index is 12.5. The Hall–Kier alpha value is -1.66. The number of aliphatic hydroxyl groups is 2. The fourth-order valence-corrected chi connectivity index (χ4v) is 10.6. The average Bonchev–Trinajstić information content (AvgIpc) is 3.40. The van der Waals surface area contributed by atoms with E-state index >= 15 is 0 Å². The van der Waals surface area contributed by atoms with Crippen LogP contribution in [0, 0.1) is 0 Å². The predicted molar refractivity (Wildman–Crippen MR) is 324 cm³/mol. The molecule has 0 aromatic carbocycles. The van der Waals surface area contributed by atoms with Crippen molar-refractivity contribution in [2.75, 3.05) is 13.2 Å². The Balaban J connectivity index is 3.38. The summed E-state index contributed by atoms with van der Waals surface area (Å²) in [5.74, 6) is -0.0515. The molecule has 0 saturated carbocycles. The Morgan fingerprint density at radius 3 is 0.959 bits per heavy atom. The molecule has 0 aromatic heterocycles. The summed E-state index contributed by atoms with van der Waals surface area (Å²) >= 11 is 0. The molecule has 0 spiro atoms. The van der Waals surface area contributed by atoms with Crippen LogP contribution in [0.5, 0.6) is 0 Å². The lowest BCUT2D eigenvalue weighted by Crippen LogP contribution is -2.45. The molecule has 0 aromatic rings. The first-order valence-corrected chi connectivity index (χ1v) is 33.6. The van der Waals surface area contributed by atoms with Gasteiger partial charge in [0, 0.05) is 12.8 Å². The van der Waals surface area contributed by atoms with E-state index in [2.05, 4.69) is 31.3 Å². The molecule has 0 aliphatic rings.